The first kappa shape index (κ1) is 17.0. The van der Waals surface area contributed by atoms with Crippen molar-refractivity contribution in [1.82, 2.24) is 15.0 Å². The number of hydrogen-bond acceptors (Lipinski definition) is 6. The maximum atomic E-state index is 12.5. The molecule has 0 aliphatic heterocycles. The van der Waals surface area contributed by atoms with E-state index in [1.807, 2.05) is 30.3 Å². The van der Waals surface area contributed by atoms with Gasteiger partial charge in [0, 0.05) is 49.6 Å². The summed E-state index contributed by atoms with van der Waals surface area (Å²) in [6.07, 6.45) is 6.20. The lowest BCUT2D eigenvalue weighted by atomic mass is 10.1. The average Bonchev–Trinajstić information content (AvgIpc) is 2.72. The Morgan fingerprint density at radius 3 is 2.46 bits per heavy atom. The molecule has 7 heteroatoms. The highest BCUT2D eigenvalue weighted by Crippen LogP contribution is 2.17. The highest BCUT2D eigenvalue weighted by Gasteiger charge is 2.13. The molecule has 0 atom stereocenters. The van der Waals surface area contributed by atoms with Gasteiger partial charge in [-0.25, -0.2) is 9.97 Å². The number of nitriles is 1. The Hall–Kier alpha value is -3.79. The molecule has 1 amide bonds. The molecule has 1 N–H and O–H groups in total. The van der Waals surface area contributed by atoms with Crippen LogP contribution in [0.25, 0.3) is 0 Å². The van der Waals surface area contributed by atoms with Gasteiger partial charge >= 0.3 is 0 Å². The van der Waals surface area contributed by atoms with E-state index in [0.717, 1.165) is 11.3 Å². The second-order valence-corrected chi connectivity index (χ2v) is 5.49. The van der Waals surface area contributed by atoms with E-state index in [4.69, 9.17) is 5.26 Å². The topological polar surface area (TPSA) is 94.8 Å². The van der Waals surface area contributed by atoms with E-state index in [1.54, 1.807) is 36.5 Å². The Balaban J connectivity index is 1.67. The summed E-state index contributed by atoms with van der Waals surface area (Å²) in [6.45, 7) is 0.496. The zero-order valence-corrected chi connectivity index (χ0v) is 14.1. The Bertz CT molecular complexity index is 934. The predicted molar refractivity (Wildman–Crippen MR) is 97.5 cm³/mol. The second-order valence-electron chi connectivity index (χ2n) is 5.49. The quantitative estimate of drug-likeness (QED) is 0.764. The number of amides is 1. The highest BCUT2D eigenvalue weighted by atomic mass is 16.2. The molecule has 0 bridgehead atoms. The van der Waals surface area contributed by atoms with E-state index >= 15 is 0 Å². The average molecular weight is 344 g/mol. The molecule has 0 radical (unpaired) electrons. The number of aromatic nitrogens is 3. The van der Waals surface area contributed by atoms with E-state index in [1.165, 1.54) is 12.4 Å². The third-order valence-corrected chi connectivity index (χ3v) is 3.82. The molecule has 26 heavy (non-hydrogen) atoms. The molecule has 7 nitrogen and oxygen atoms in total. The summed E-state index contributed by atoms with van der Waals surface area (Å²) in [5.41, 5.74) is 2.62. The maximum Gasteiger partial charge on any atom is 0.258 e. The fourth-order valence-electron chi connectivity index (χ4n) is 2.38. The molecule has 0 unspecified atom stereocenters. The standard InChI is InChI=1S/C19H16N6O/c1-25(19(26)15-6-8-21-9-7-15)16-4-2-14(3-5-16)13-24-18-17(12-20)22-10-11-23-18/h2-11H,13H2,1H3,(H,23,24). The van der Waals surface area contributed by atoms with Gasteiger partial charge in [0.2, 0.25) is 0 Å². The van der Waals surface area contributed by atoms with E-state index in [-0.39, 0.29) is 11.6 Å². The Morgan fingerprint density at radius 1 is 1.08 bits per heavy atom. The van der Waals surface area contributed by atoms with Gasteiger partial charge in [0.1, 0.15) is 6.07 Å². The third kappa shape index (κ3) is 3.82. The van der Waals surface area contributed by atoms with Gasteiger partial charge in [0.15, 0.2) is 11.5 Å². The molecule has 0 aliphatic carbocycles. The summed E-state index contributed by atoms with van der Waals surface area (Å²) in [5.74, 6) is 0.348. The lowest BCUT2D eigenvalue weighted by molar-refractivity contribution is 0.0993. The van der Waals surface area contributed by atoms with Crippen molar-refractivity contribution in [3.63, 3.8) is 0 Å². The van der Waals surface area contributed by atoms with Gasteiger partial charge in [-0.15, -0.1) is 0 Å². The number of nitrogens with one attached hydrogen (secondary N) is 1. The molecule has 3 rings (SSSR count). The van der Waals surface area contributed by atoms with Crippen LogP contribution in [0.3, 0.4) is 0 Å². The molecule has 3 aromatic rings. The van der Waals surface area contributed by atoms with E-state index in [0.29, 0.717) is 17.9 Å². The molecule has 0 aliphatic rings. The van der Waals surface area contributed by atoms with E-state index in [9.17, 15) is 4.79 Å². The number of carbonyl (C=O) groups excluding carboxylic acids is 1. The molecular formula is C19H16N6O. The lowest BCUT2D eigenvalue weighted by Gasteiger charge is -2.18. The largest absolute Gasteiger partial charge is 0.364 e. The van der Waals surface area contributed by atoms with Gasteiger partial charge in [-0.05, 0) is 29.8 Å². The van der Waals surface area contributed by atoms with Crippen LogP contribution < -0.4 is 10.2 Å². The summed E-state index contributed by atoms with van der Waals surface area (Å²) in [5, 5.41) is 12.1. The van der Waals surface area contributed by atoms with Crippen molar-refractivity contribution < 1.29 is 4.79 Å². The van der Waals surface area contributed by atoms with Crippen molar-refractivity contribution in [2.45, 2.75) is 6.54 Å². The van der Waals surface area contributed by atoms with Crippen molar-refractivity contribution in [2.75, 3.05) is 17.3 Å². The molecule has 0 saturated carbocycles. The van der Waals surface area contributed by atoms with Gasteiger partial charge in [-0.1, -0.05) is 12.1 Å². The number of nitrogens with zero attached hydrogens (tertiary/aromatic N) is 5. The van der Waals surface area contributed by atoms with Crippen LogP contribution in [0.4, 0.5) is 11.5 Å². The SMILES string of the molecule is CN(C(=O)c1ccncc1)c1ccc(CNc2nccnc2C#N)cc1. The van der Waals surface area contributed by atoms with Gasteiger partial charge in [0.05, 0.1) is 0 Å². The van der Waals surface area contributed by atoms with Crippen molar-refractivity contribution >= 4 is 17.4 Å². The minimum absolute atomic E-state index is 0.100. The number of carbonyl (C=O) groups is 1. The number of rotatable bonds is 5. The van der Waals surface area contributed by atoms with Gasteiger partial charge in [-0.2, -0.15) is 5.26 Å². The monoisotopic (exact) mass is 344 g/mol. The van der Waals surface area contributed by atoms with Gasteiger partial charge in [0.25, 0.3) is 5.91 Å². The molecule has 128 valence electrons. The van der Waals surface area contributed by atoms with Gasteiger partial charge < -0.3 is 10.2 Å². The number of pyridine rings is 1. The zero-order valence-electron chi connectivity index (χ0n) is 14.1. The van der Waals surface area contributed by atoms with E-state index < -0.39 is 0 Å². The summed E-state index contributed by atoms with van der Waals surface area (Å²) in [4.78, 5) is 26.0. The second kappa shape index (κ2) is 7.85. The van der Waals surface area contributed by atoms with Crippen molar-refractivity contribution in [2.24, 2.45) is 0 Å². The van der Waals surface area contributed by atoms with E-state index in [2.05, 4.69) is 20.3 Å². The summed E-state index contributed by atoms with van der Waals surface area (Å²) < 4.78 is 0. The minimum atomic E-state index is -0.100. The first-order chi connectivity index (χ1) is 12.7. The summed E-state index contributed by atoms with van der Waals surface area (Å²) in [6, 6.07) is 13.0. The Kier molecular flexibility index (Phi) is 5.15. The van der Waals surface area contributed by atoms with Crippen LogP contribution in [0.5, 0.6) is 0 Å². The molecule has 2 heterocycles. The fourth-order valence-corrected chi connectivity index (χ4v) is 2.38. The Labute approximate surface area is 151 Å². The van der Waals surface area contributed by atoms with Crippen molar-refractivity contribution in [1.29, 1.82) is 5.26 Å². The highest BCUT2D eigenvalue weighted by molar-refractivity contribution is 6.05. The first-order valence-corrected chi connectivity index (χ1v) is 7.91. The van der Waals surface area contributed by atoms with Crippen LogP contribution in [0.15, 0.2) is 61.2 Å². The zero-order chi connectivity index (χ0) is 18.4. The molecule has 0 fully saturated rings. The minimum Gasteiger partial charge on any atom is -0.364 e. The maximum absolute atomic E-state index is 12.5. The molecule has 0 spiro atoms. The molecule has 1 aromatic carbocycles. The first-order valence-electron chi connectivity index (χ1n) is 7.91. The van der Waals surface area contributed by atoms with Crippen LogP contribution >= 0.6 is 0 Å². The van der Waals surface area contributed by atoms with Crippen molar-refractivity contribution in [3.8, 4) is 6.07 Å². The van der Waals surface area contributed by atoms with Crippen LogP contribution in [0.2, 0.25) is 0 Å². The number of hydrogen-bond donors (Lipinski definition) is 1. The van der Waals surface area contributed by atoms with Crippen LogP contribution in [0.1, 0.15) is 21.6 Å². The van der Waals surface area contributed by atoms with Crippen LogP contribution in [0, 0.1) is 11.3 Å². The number of benzene rings is 1. The summed E-state index contributed by atoms with van der Waals surface area (Å²) in [7, 11) is 1.73. The smallest absolute Gasteiger partial charge is 0.258 e. The summed E-state index contributed by atoms with van der Waals surface area (Å²) >= 11 is 0. The normalized spacial score (nSPS) is 10.0. The third-order valence-electron chi connectivity index (χ3n) is 3.82. The number of anilines is 2. The van der Waals surface area contributed by atoms with Crippen LogP contribution in [-0.4, -0.2) is 27.9 Å². The lowest BCUT2D eigenvalue weighted by Crippen LogP contribution is -2.26. The molecular weight excluding hydrogens is 328 g/mol. The van der Waals surface area contributed by atoms with Crippen molar-refractivity contribution in [3.05, 3.63) is 78.0 Å². The predicted octanol–water partition coefficient (Wildman–Crippen LogP) is 2.63. The fraction of sp³-hybridized carbons (Fsp3) is 0.105. The van der Waals surface area contributed by atoms with Gasteiger partial charge in [-0.3, -0.25) is 9.78 Å². The van der Waals surface area contributed by atoms with Crippen LogP contribution in [-0.2, 0) is 6.54 Å². The molecule has 2 aromatic heterocycles. The Morgan fingerprint density at radius 2 is 1.77 bits per heavy atom. The molecule has 0 saturated heterocycles.